The molecule has 15 heavy (non-hydrogen) atoms. The zero-order chi connectivity index (χ0) is 11.4. The Balaban J connectivity index is 2.95. The van der Waals surface area contributed by atoms with Crippen LogP contribution in [0.4, 0.5) is 0 Å². The Bertz CT molecular complexity index is 404. The van der Waals surface area contributed by atoms with Crippen molar-refractivity contribution >= 4 is 23.6 Å². The summed E-state index contributed by atoms with van der Waals surface area (Å²) in [6.07, 6.45) is 0. The van der Waals surface area contributed by atoms with Crippen molar-refractivity contribution in [2.75, 3.05) is 5.75 Å². The van der Waals surface area contributed by atoms with Crippen LogP contribution in [-0.4, -0.2) is 22.7 Å². The third kappa shape index (κ3) is 3.28. The quantitative estimate of drug-likeness (QED) is 0.756. The molecule has 80 valence electrons. The van der Waals surface area contributed by atoms with Gasteiger partial charge in [0, 0.05) is 4.90 Å². The molecule has 0 saturated heterocycles. The summed E-state index contributed by atoms with van der Waals surface area (Å²) in [5.41, 5.74) is 6.49. The van der Waals surface area contributed by atoms with Crippen molar-refractivity contribution in [1.29, 1.82) is 0 Å². The van der Waals surface area contributed by atoms with Crippen LogP contribution >= 0.6 is 11.8 Å². The van der Waals surface area contributed by atoms with Gasteiger partial charge < -0.3 is 10.8 Å². The number of hydrogen-bond acceptors (Lipinski definition) is 3. The molecule has 0 heterocycles. The molecular weight excluding hydrogens is 214 g/mol. The van der Waals surface area contributed by atoms with Gasteiger partial charge >= 0.3 is 5.97 Å². The largest absolute Gasteiger partial charge is 0.481 e. The summed E-state index contributed by atoms with van der Waals surface area (Å²) in [4.78, 5) is 22.1. The molecule has 0 aliphatic rings. The normalized spacial score (nSPS) is 9.93. The van der Waals surface area contributed by atoms with Crippen LogP contribution in [0, 0.1) is 6.92 Å². The van der Waals surface area contributed by atoms with Crippen molar-refractivity contribution in [1.82, 2.24) is 0 Å². The molecule has 5 heteroatoms. The third-order valence-electron chi connectivity index (χ3n) is 1.75. The topological polar surface area (TPSA) is 80.4 Å². The fraction of sp³-hybridized carbons (Fsp3) is 0.200. The van der Waals surface area contributed by atoms with Gasteiger partial charge in [-0.15, -0.1) is 11.8 Å². The molecule has 1 aromatic carbocycles. The zero-order valence-electron chi connectivity index (χ0n) is 8.19. The van der Waals surface area contributed by atoms with Crippen molar-refractivity contribution in [3.05, 3.63) is 29.3 Å². The highest BCUT2D eigenvalue weighted by atomic mass is 32.2. The first-order valence-corrected chi connectivity index (χ1v) is 5.24. The Morgan fingerprint density at radius 2 is 2.13 bits per heavy atom. The van der Waals surface area contributed by atoms with Crippen LogP contribution in [0.25, 0.3) is 0 Å². The van der Waals surface area contributed by atoms with Crippen LogP contribution < -0.4 is 5.73 Å². The summed E-state index contributed by atoms with van der Waals surface area (Å²) in [5, 5.41) is 8.52. The number of benzene rings is 1. The van der Waals surface area contributed by atoms with Crippen LogP contribution in [0.3, 0.4) is 0 Å². The first kappa shape index (κ1) is 11.6. The summed E-state index contributed by atoms with van der Waals surface area (Å²) in [7, 11) is 0. The summed E-state index contributed by atoms with van der Waals surface area (Å²) < 4.78 is 0. The van der Waals surface area contributed by atoms with Gasteiger partial charge in [0.05, 0.1) is 11.3 Å². The van der Waals surface area contributed by atoms with E-state index in [1.807, 2.05) is 13.0 Å². The Morgan fingerprint density at radius 1 is 1.47 bits per heavy atom. The van der Waals surface area contributed by atoms with Crippen LogP contribution in [0.2, 0.25) is 0 Å². The first-order valence-electron chi connectivity index (χ1n) is 4.25. The van der Waals surface area contributed by atoms with Gasteiger partial charge in [0.25, 0.3) is 0 Å². The lowest BCUT2D eigenvalue weighted by atomic mass is 10.1. The number of primary amides is 1. The van der Waals surface area contributed by atoms with E-state index in [9.17, 15) is 9.59 Å². The molecule has 0 radical (unpaired) electrons. The number of carboxylic acid groups (broad SMARTS) is 1. The minimum Gasteiger partial charge on any atom is -0.481 e. The summed E-state index contributed by atoms with van der Waals surface area (Å²) >= 11 is 1.09. The van der Waals surface area contributed by atoms with Gasteiger partial charge in [-0.1, -0.05) is 11.6 Å². The van der Waals surface area contributed by atoms with E-state index >= 15 is 0 Å². The number of hydrogen-bond donors (Lipinski definition) is 2. The molecule has 0 aliphatic heterocycles. The zero-order valence-corrected chi connectivity index (χ0v) is 9.00. The monoisotopic (exact) mass is 225 g/mol. The van der Waals surface area contributed by atoms with Gasteiger partial charge in [-0.3, -0.25) is 9.59 Å². The van der Waals surface area contributed by atoms with Crippen LogP contribution in [0.15, 0.2) is 23.1 Å². The Kier molecular flexibility index (Phi) is 3.74. The molecule has 4 nitrogen and oxygen atoms in total. The lowest BCUT2D eigenvalue weighted by Gasteiger charge is -2.05. The third-order valence-corrected chi connectivity index (χ3v) is 2.81. The average molecular weight is 225 g/mol. The van der Waals surface area contributed by atoms with Gasteiger partial charge in [-0.25, -0.2) is 0 Å². The molecule has 0 unspecified atom stereocenters. The van der Waals surface area contributed by atoms with Crippen molar-refractivity contribution < 1.29 is 14.7 Å². The number of carboxylic acids is 1. The molecule has 0 atom stereocenters. The van der Waals surface area contributed by atoms with E-state index in [1.54, 1.807) is 12.1 Å². The molecule has 0 aliphatic carbocycles. The maximum absolute atomic E-state index is 11.1. The minimum atomic E-state index is -0.920. The summed E-state index contributed by atoms with van der Waals surface area (Å²) in [6.45, 7) is 1.85. The number of amides is 1. The van der Waals surface area contributed by atoms with E-state index in [4.69, 9.17) is 10.8 Å². The molecule has 1 rings (SSSR count). The van der Waals surface area contributed by atoms with Crippen LogP contribution in [0.5, 0.6) is 0 Å². The molecule has 1 amide bonds. The predicted molar refractivity (Wildman–Crippen MR) is 58.1 cm³/mol. The number of aliphatic carboxylic acids is 1. The predicted octanol–water partition coefficient (Wildman–Crippen LogP) is 1.27. The Hall–Kier alpha value is -1.49. The number of carbonyl (C=O) groups is 2. The van der Waals surface area contributed by atoms with E-state index in [-0.39, 0.29) is 5.75 Å². The highest BCUT2D eigenvalue weighted by Gasteiger charge is 2.10. The second kappa shape index (κ2) is 4.84. The average Bonchev–Trinajstić information content (AvgIpc) is 2.15. The number of rotatable bonds is 4. The molecule has 0 aromatic heterocycles. The van der Waals surface area contributed by atoms with E-state index in [0.29, 0.717) is 10.5 Å². The molecule has 0 bridgehead atoms. The van der Waals surface area contributed by atoms with Crippen molar-refractivity contribution in [3.8, 4) is 0 Å². The van der Waals surface area contributed by atoms with Gasteiger partial charge in [0.2, 0.25) is 5.91 Å². The SMILES string of the molecule is Cc1ccc(SCC(=O)O)c(C(N)=O)c1. The fourth-order valence-electron chi connectivity index (χ4n) is 1.10. The van der Waals surface area contributed by atoms with Gasteiger partial charge in [0.1, 0.15) is 0 Å². The maximum Gasteiger partial charge on any atom is 0.313 e. The van der Waals surface area contributed by atoms with Crippen molar-refractivity contribution in [2.24, 2.45) is 5.73 Å². The molecule has 0 saturated carbocycles. The number of nitrogens with two attached hydrogens (primary N) is 1. The summed E-state index contributed by atoms with van der Waals surface area (Å²) in [5.74, 6) is -1.54. The number of carbonyl (C=O) groups excluding carboxylic acids is 1. The smallest absolute Gasteiger partial charge is 0.313 e. The molecule has 0 fully saturated rings. The van der Waals surface area contributed by atoms with E-state index < -0.39 is 11.9 Å². The second-order valence-corrected chi connectivity index (χ2v) is 4.06. The number of thioether (sulfide) groups is 1. The molecule has 1 aromatic rings. The fourth-order valence-corrected chi connectivity index (χ4v) is 1.86. The lowest BCUT2D eigenvalue weighted by molar-refractivity contribution is -0.133. The molecular formula is C10H11NO3S. The first-order chi connectivity index (χ1) is 7.00. The van der Waals surface area contributed by atoms with Gasteiger partial charge in [0.15, 0.2) is 0 Å². The molecule has 3 N–H and O–H groups in total. The standard InChI is InChI=1S/C10H11NO3S/c1-6-2-3-8(15-5-9(12)13)7(4-6)10(11)14/h2-4H,5H2,1H3,(H2,11,14)(H,12,13). The highest BCUT2D eigenvalue weighted by molar-refractivity contribution is 8.00. The van der Waals surface area contributed by atoms with Crippen molar-refractivity contribution in [2.45, 2.75) is 11.8 Å². The Morgan fingerprint density at radius 3 is 2.67 bits per heavy atom. The highest BCUT2D eigenvalue weighted by Crippen LogP contribution is 2.23. The second-order valence-electron chi connectivity index (χ2n) is 3.05. The van der Waals surface area contributed by atoms with Crippen molar-refractivity contribution in [3.63, 3.8) is 0 Å². The van der Waals surface area contributed by atoms with E-state index in [1.165, 1.54) is 0 Å². The lowest BCUT2D eigenvalue weighted by Crippen LogP contribution is -2.13. The maximum atomic E-state index is 11.1. The van der Waals surface area contributed by atoms with Crippen LogP contribution in [-0.2, 0) is 4.79 Å². The van der Waals surface area contributed by atoms with Crippen LogP contribution in [0.1, 0.15) is 15.9 Å². The van der Waals surface area contributed by atoms with E-state index in [2.05, 4.69) is 0 Å². The van der Waals surface area contributed by atoms with Gasteiger partial charge in [-0.2, -0.15) is 0 Å². The van der Waals surface area contributed by atoms with E-state index in [0.717, 1.165) is 17.3 Å². The summed E-state index contributed by atoms with van der Waals surface area (Å²) in [6, 6.07) is 5.19. The molecule has 0 spiro atoms. The Labute approximate surface area is 91.5 Å². The number of aryl methyl sites for hydroxylation is 1. The van der Waals surface area contributed by atoms with Gasteiger partial charge in [-0.05, 0) is 19.1 Å². The minimum absolute atomic E-state index is 0.0800.